The first-order valence-corrected chi connectivity index (χ1v) is 8.78. The molecule has 0 aromatic carbocycles. The summed E-state index contributed by atoms with van der Waals surface area (Å²) >= 11 is 0. The molecule has 0 amide bonds. The number of alkyl halides is 3. The van der Waals surface area contributed by atoms with Gasteiger partial charge in [0.25, 0.3) is 0 Å². The number of likely N-dealkylation sites (tertiary alicyclic amines) is 1. The van der Waals surface area contributed by atoms with Crippen LogP contribution in [0.4, 0.5) is 13.2 Å². The Hall–Kier alpha value is -1.70. The monoisotopic (exact) mass is 360 g/mol. The Kier molecular flexibility index (Phi) is 7.61. The molecule has 5 nitrogen and oxygen atoms in total. The van der Waals surface area contributed by atoms with E-state index in [2.05, 4.69) is 20.5 Å². The van der Waals surface area contributed by atoms with Crippen molar-refractivity contribution in [1.82, 2.24) is 15.5 Å². The molecule has 2 heterocycles. The maximum absolute atomic E-state index is 12.1. The van der Waals surface area contributed by atoms with E-state index >= 15 is 0 Å². The average molecular weight is 360 g/mol. The standard InChI is InChI=1S/C17H27F3N4O/c1-21-16(22-9-3-2-8-17(18,19)20)23-13-14(15-7-6-12-25-15)24-10-4-5-11-24/h6-7,12,14H,2-5,8-11,13H2,1H3,(H2,21,22,23). The first kappa shape index (κ1) is 19.6. The van der Waals surface area contributed by atoms with Gasteiger partial charge in [-0.3, -0.25) is 9.89 Å². The molecule has 142 valence electrons. The van der Waals surface area contributed by atoms with Gasteiger partial charge in [-0.25, -0.2) is 0 Å². The largest absolute Gasteiger partial charge is 0.468 e. The van der Waals surface area contributed by atoms with Gasteiger partial charge in [0.15, 0.2) is 5.96 Å². The lowest BCUT2D eigenvalue weighted by molar-refractivity contribution is -0.135. The number of halogens is 3. The van der Waals surface area contributed by atoms with Crippen LogP contribution in [0.2, 0.25) is 0 Å². The Morgan fingerprint density at radius 2 is 2.04 bits per heavy atom. The fourth-order valence-electron chi connectivity index (χ4n) is 3.01. The smallest absolute Gasteiger partial charge is 0.389 e. The molecule has 8 heteroatoms. The number of unbranched alkanes of at least 4 members (excludes halogenated alkanes) is 1. The number of furan rings is 1. The van der Waals surface area contributed by atoms with E-state index in [1.165, 1.54) is 12.8 Å². The minimum absolute atomic E-state index is 0.121. The SMILES string of the molecule is CN=C(NCCCCC(F)(F)F)NCC(c1ccco1)N1CCCC1. The molecule has 1 aromatic rings. The maximum atomic E-state index is 12.1. The third-order valence-corrected chi connectivity index (χ3v) is 4.32. The first-order chi connectivity index (χ1) is 12.0. The minimum atomic E-state index is -4.08. The number of hydrogen-bond donors (Lipinski definition) is 2. The van der Waals surface area contributed by atoms with Crippen LogP contribution in [0.5, 0.6) is 0 Å². The number of aliphatic imine (C=N–C) groups is 1. The van der Waals surface area contributed by atoms with Crippen LogP contribution in [0.1, 0.15) is 43.9 Å². The molecule has 1 atom stereocenters. The predicted molar refractivity (Wildman–Crippen MR) is 91.5 cm³/mol. The van der Waals surface area contributed by atoms with Crippen LogP contribution in [0.25, 0.3) is 0 Å². The van der Waals surface area contributed by atoms with E-state index in [0.717, 1.165) is 18.8 Å². The van der Waals surface area contributed by atoms with Crippen molar-refractivity contribution in [3.8, 4) is 0 Å². The van der Waals surface area contributed by atoms with Gasteiger partial charge < -0.3 is 15.1 Å². The summed E-state index contributed by atoms with van der Waals surface area (Å²) in [5, 5.41) is 6.33. The van der Waals surface area contributed by atoms with Crippen LogP contribution in [0, 0.1) is 0 Å². The van der Waals surface area contributed by atoms with Gasteiger partial charge in [-0.15, -0.1) is 0 Å². The van der Waals surface area contributed by atoms with Crippen molar-refractivity contribution >= 4 is 5.96 Å². The van der Waals surface area contributed by atoms with Crippen LogP contribution in [0.15, 0.2) is 27.8 Å². The van der Waals surface area contributed by atoms with E-state index in [0.29, 0.717) is 25.5 Å². The lowest BCUT2D eigenvalue weighted by Gasteiger charge is -2.26. The van der Waals surface area contributed by atoms with Crippen LogP contribution < -0.4 is 10.6 Å². The maximum Gasteiger partial charge on any atom is 0.389 e. The second kappa shape index (κ2) is 9.70. The summed E-state index contributed by atoms with van der Waals surface area (Å²) in [5.74, 6) is 1.51. The summed E-state index contributed by atoms with van der Waals surface area (Å²) < 4.78 is 42.0. The minimum Gasteiger partial charge on any atom is -0.468 e. The molecule has 0 aliphatic carbocycles. The molecule has 2 N–H and O–H groups in total. The molecule has 0 saturated carbocycles. The third kappa shape index (κ3) is 6.97. The number of hydrogen-bond acceptors (Lipinski definition) is 3. The molecule has 1 unspecified atom stereocenters. The zero-order chi connectivity index (χ0) is 18.1. The van der Waals surface area contributed by atoms with Gasteiger partial charge in [0.05, 0.1) is 12.3 Å². The molecule has 1 saturated heterocycles. The van der Waals surface area contributed by atoms with Crippen LogP contribution in [-0.4, -0.2) is 50.3 Å². The van der Waals surface area contributed by atoms with E-state index in [-0.39, 0.29) is 12.5 Å². The second-order valence-corrected chi connectivity index (χ2v) is 6.23. The zero-order valence-electron chi connectivity index (χ0n) is 14.6. The summed E-state index contributed by atoms with van der Waals surface area (Å²) in [6, 6.07) is 3.98. The van der Waals surface area contributed by atoms with Crippen molar-refractivity contribution in [2.45, 2.75) is 44.3 Å². The lowest BCUT2D eigenvalue weighted by atomic mass is 10.2. The summed E-state index contributed by atoms with van der Waals surface area (Å²) in [4.78, 5) is 6.51. The van der Waals surface area contributed by atoms with Crippen molar-refractivity contribution in [2.75, 3.05) is 33.2 Å². The van der Waals surface area contributed by atoms with Gasteiger partial charge in [0, 0.05) is 26.6 Å². The van der Waals surface area contributed by atoms with Gasteiger partial charge in [0.1, 0.15) is 5.76 Å². The molecule has 0 radical (unpaired) electrons. The normalized spacial score (nSPS) is 17.7. The highest BCUT2D eigenvalue weighted by molar-refractivity contribution is 5.79. The van der Waals surface area contributed by atoms with Crippen molar-refractivity contribution in [3.63, 3.8) is 0 Å². The number of rotatable bonds is 8. The average Bonchev–Trinajstić information content (AvgIpc) is 3.26. The molecular formula is C17H27F3N4O. The number of nitrogens with one attached hydrogen (secondary N) is 2. The fourth-order valence-corrected chi connectivity index (χ4v) is 3.01. The van der Waals surface area contributed by atoms with Crippen molar-refractivity contribution in [1.29, 1.82) is 0 Å². The van der Waals surface area contributed by atoms with E-state index in [9.17, 15) is 13.2 Å². The summed E-state index contributed by atoms with van der Waals surface area (Å²) in [6.45, 7) is 3.17. The van der Waals surface area contributed by atoms with Crippen molar-refractivity contribution in [2.24, 2.45) is 4.99 Å². The van der Waals surface area contributed by atoms with Gasteiger partial charge >= 0.3 is 6.18 Å². The first-order valence-electron chi connectivity index (χ1n) is 8.78. The topological polar surface area (TPSA) is 52.8 Å². The van der Waals surface area contributed by atoms with Crippen LogP contribution in [0.3, 0.4) is 0 Å². The Morgan fingerprint density at radius 3 is 2.64 bits per heavy atom. The molecule has 25 heavy (non-hydrogen) atoms. The van der Waals surface area contributed by atoms with E-state index in [1.54, 1.807) is 13.3 Å². The molecular weight excluding hydrogens is 333 g/mol. The summed E-state index contributed by atoms with van der Waals surface area (Å²) in [7, 11) is 1.66. The van der Waals surface area contributed by atoms with Gasteiger partial charge in [0.2, 0.25) is 0 Å². The predicted octanol–water partition coefficient (Wildman–Crippen LogP) is 3.31. The molecule has 1 aliphatic rings. The highest BCUT2D eigenvalue weighted by Gasteiger charge is 2.26. The number of nitrogens with zero attached hydrogens (tertiary/aromatic N) is 2. The Bertz CT molecular complexity index is 510. The molecule has 0 spiro atoms. The Labute approximate surface area is 146 Å². The third-order valence-electron chi connectivity index (χ3n) is 4.32. The Balaban J connectivity index is 1.76. The molecule has 0 bridgehead atoms. The van der Waals surface area contributed by atoms with Gasteiger partial charge in [-0.1, -0.05) is 0 Å². The Morgan fingerprint density at radius 1 is 1.28 bits per heavy atom. The van der Waals surface area contributed by atoms with Crippen molar-refractivity contribution in [3.05, 3.63) is 24.2 Å². The molecule has 1 aromatic heterocycles. The zero-order valence-corrected chi connectivity index (χ0v) is 14.6. The van der Waals surface area contributed by atoms with Crippen LogP contribution in [-0.2, 0) is 0 Å². The lowest BCUT2D eigenvalue weighted by Crippen LogP contribution is -2.42. The number of guanidine groups is 1. The molecule has 1 fully saturated rings. The quantitative estimate of drug-likeness (QED) is 0.424. The summed E-state index contributed by atoms with van der Waals surface area (Å²) in [6.07, 6.45) is -0.203. The fraction of sp³-hybridized carbons (Fsp3) is 0.706. The van der Waals surface area contributed by atoms with E-state index in [1.807, 2.05) is 12.1 Å². The highest BCUT2D eigenvalue weighted by Crippen LogP contribution is 2.25. The van der Waals surface area contributed by atoms with E-state index in [4.69, 9.17) is 4.42 Å². The summed E-state index contributed by atoms with van der Waals surface area (Å²) in [5.41, 5.74) is 0. The van der Waals surface area contributed by atoms with E-state index < -0.39 is 12.6 Å². The van der Waals surface area contributed by atoms with Gasteiger partial charge in [-0.05, 0) is 50.9 Å². The van der Waals surface area contributed by atoms with Crippen molar-refractivity contribution < 1.29 is 17.6 Å². The second-order valence-electron chi connectivity index (χ2n) is 6.23. The molecule has 2 rings (SSSR count). The molecule has 1 aliphatic heterocycles. The highest BCUT2D eigenvalue weighted by atomic mass is 19.4. The van der Waals surface area contributed by atoms with Gasteiger partial charge in [-0.2, -0.15) is 13.2 Å². The van der Waals surface area contributed by atoms with Crippen LogP contribution >= 0.6 is 0 Å².